The van der Waals surface area contributed by atoms with Gasteiger partial charge in [-0.15, -0.1) is 0 Å². The van der Waals surface area contributed by atoms with Gasteiger partial charge in [-0.05, 0) is 208 Å². The molecule has 3 rings (SSSR count). The zero-order chi connectivity index (χ0) is 107. The molecular weight excluding hydrogens is 1830 g/mol. The molecule has 0 spiro atoms. The highest BCUT2D eigenvalue weighted by molar-refractivity contribution is 5.81. The normalized spacial score (nSPS) is 17.7. The van der Waals surface area contributed by atoms with Crippen molar-refractivity contribution in [1.82, 2.24) is 90.7 Å². The van der Waals surface area contributed by atoms with Gasteiger partial charge in [0, 0.05) is 202 Å². The van der Waals surface area contributed by atoms with Crippen LogP contribution in [0.2, 0.25) is 0 Å². The average molecular weight is 2010 g/mol. The summed E-state index contributed by atoms with van der Waals surface area (Å²) < 4.78 is 57.9. The molecule has 42 nitrogen and oxygen atoms in total. The molecule has 0 aromatic heterocycles. The van der Waals surface area contributed by atoms with E-state index in [0.29, 0.717) is 0 Å². The van der Waals surface area contributed by atoms with Crippen LogP contribution in [0.25, 0.3) is 0 Å². The molecule has 6 N–H and O–H groups in total. The number of hydrogen-bond acceptors (Lipinski definition) is 38. The van der Waals surface area contributed by atoms with Crippen LogP contribution in [0.3, 0.4) is 0 Å². The third-order valence-corrected chi connectivity index (χ3v) is 20.9. The Morgan fingerprint density at radius 2 is 0.291 bits per heavy atom. The number of rotatable bonds is 39. The Hall–Kier alpha value is -7.98. The van der Waals surface area contributed by atoms with E-state index in [1.165, 1.54) is 0 Å². The summed E-state index contributed by atoms with van der Waals surface area (Å²) in [6.07, 6.45) is 0. The maximum absolute atomic E-state index is 15.5. The number of amides is 4. The predicted molar refractivity (Wildman–Crippen MR) is 536 cm³/mol. The molecule has 0 aliphatic carbocycles. The van der Waals surface area contributed by atoms with Crippen LogP contribution in [-0.4, -0.2) is 486 Å². The van der Waals surface area contributed by atoms with Crippen molar-refractivity contribution in [3.05, 3.63) is 0 Å². The smallest absolute Gasteiger partial charge is 0.320 e. The monoisotopic (exact) mass is 2010 g/mol. The highest BCUT2D eigenvalue weighted by Gasteiger charge is 2.38. The molecule has 141 heavy (non-hydrogen) atoms. The lowest BCUT2D eigenvalue weighted by molar-refractivity contribution is -0.158. The fourth-order valence-electron chi connectivity index (χ4n) is 14.9. The van der Waals surface area contributed by atoms with Crippen molar-refractivity contribution >= 4 is 83.3 Å². The summed E-state index contributed by atoms with van der Waals surface area (Å²) in [5, 5.41) is 18.6. The molecule has 4 amide bonds. The van der Waals surface area contributed by atoms with Crippen molar-refractivity contribution in [2.45, 2.75) is 264 Å². The second-order valence-corrected chi connectivity index (χ2v) is 47.1. The van der Waals surface area contributed by atoms with Gasteiger partial charge in [-0.2, -0.15) is 0 Å². The van der Waals surface area contributed by atoms with Gasteiger partial charge in [0.1, 0.15) is 56.0 Å². The number of hydrogen-bond donors (Lipinski definition) is 6. The number of carbonyl (C=O) groups excluding carboxylic acids is 14. The first-order chi connectivity index (χ1) is 64.7. The van der Waals surface area contributed by atoms with Crippen molar-refractivity contribution in [3.63, 3.8) is 0 Å². The fraction of sp³-hybridized carbons (Fsp3) is 0.859. The Kier molecular flexibility index (Phi) is 53.2. The number of nitrogens with zero attached hydrogens (tertiary/aromatic N) is 12. The van der Waals surface area contributed by atoms with Crippen LogP contribution >= 0.6 is 0 Å². The molecule has 0 bridgehead atoms. The summed E-state index contributed by atoms with van der Waals surface area (Å²) in [5.41, 5.74) is -9.67. The predicted octanol–water partition coefficient (Wildman–Crippen LogP) is 1.70. The number of nitrogens with one attached hydrogen (secondary N) is 6. The Bertz CT molecular complexity index is 3440. The lowest BCUT2D eigenvalue weighted by atomic mass is 9.86. The van der Waals surface area contributed by atoms with Gasteiger partial charge in [-0.1, -0.05) is 0 Å². The van der Waals surface area contributed by atoms with Crippen molar-refractivity contribution < 1.29 is 114 Å². The SMILES string of the molecule is CC(C)(C)OC(=O)CNCCNCC(=O)NCC(CNC(=O)CN1CCN(CC(=O)OC(C)(C)C)CCN(CC(=O)OC(C)(C)C)CCN(CC(=O)OC(C)(C)C)CC1)(CNC(=O)CN1CCN(CC(=O)OC(C)(C)C)CCN(CC(=O)OC(C)(C)C)CCN(CC(=O)OC(C)(C)C)CC1)CNC(=O)CN1CCN(CC(=O)OC(C)(C)C)CCN(CC(=O)OC(C)(C)C)CCN(CC(=O)OC(C)(C)C)CC1. The van der Waals surface area contributed by atoms with E-state index in [9.17, 15) is 52.7 Å². The van der Waals surface area contributed by atoms with Gasteiger partial charge >= 0.3 is 59.7 Å². The van der Waals surface area contributed by atoms with Crippen LogP contribution in [-0.2, 0) is 114 Å². The summed E-state index contributed by atoms with van der Waals surface area (Å²) in [7, 11) is 0. The molecule has 814 valence electrons. The first kappa shape index (κ1) is 127. The van der Waals surface area contributed by atoms with E-state index in [1.54, 1.807) is 208 Å². The molecule has 3 aliphatic rings. The molecular formula is C99H184N18O24. The molecule has 3 fully saturated rings. The van der Waals surface area contributed by atoms with Gasteiger partial charge in [0.25, 0.3) is 0 Å². The highest BCUT2D eigenvalue weighted by atomic mass is 16.6. The van der Waals surface area contributed by atoms with Crippen molar-refractivity contribution in [2.24, 2.45) is 5.41 Å². The molecule has 0 atom stereocenters. The number of ether oxygens (including phenoxy) is 10. The van der Waals surface area contributed by atoms with E-state index in [2.05, 4.69) is 31.9 Å². The summed E-state index contributed by atoms with van der Waals surface area (Å²) in [5.74, 6) is -7.08. The molecule has 42 heteroatoms. The second-order valence-electron chi connectivity index (χ2n) is 47.1. The van der Waals surface area contributed by atoms with E-state index >= 15 is 14.4 Å². The van der Waals surface area contributed by atoms with Crippen LogP contribution in [0, 0.1) is 5.41 Å². The van der Waals surface area contributed by atoms with Crippen molar-refractivity contribution in [1.29, 1.82) is 0 Å². The highest BCUT2D eigenvalue weighted by Crippen LogP contribution is 2.21. The van der Waals surface area contributed by atoms with Crippen LogP contribution in [0.1, 0.15) is 208 Å². The quantitative estimate of drug-likeness (QED) is 0.0290. The van der Waals surface area contributed by atoms with E-state index in [-0.39, 0.29) is 288 Å². The maximum atomic E-state index is 15.5. The Morgan fingerprint density at radius 1 is 0.170 bits per heavy atom. The molecule has 0 saturated carbocycles. The van der Waals surface area contributed by atoms with Gasteiger partial charge in [0.15, 0.2) is 0 Å². The Labute approximate surface area is 841 Å². The third kappa shape index (κ3) is 66.6. The van der Waals surface area contributed by atoms with Gasteiger partial charge < -0.3 is 79.3 Å². The fourth-order valence-corrected chi connectivity index (χ4v) is 14.9. The maximum Gasteiger partial charge on any atom is 0.320 e. The topological polar surface area (TPSA) is 442 Å². The number of carbonyl (C=O) groups is 14. The molecule has 3 heterocycles. The molecule has 0 aromatic carbocycles. The minimum atomic E-state index is -1.55. The summed E-state index contributed by atoms with van der Waals surface area (Å²) in [6.45, 7) is 55.1. The molecule has 0 unspecified atom stereocenters. The summed E-state index contributed by atoms with van der Waals surface area (Å²) in [4.78, 5) is 220. The average Bonchev–Trinajstić information content (AvgIpc) is 0.841. The first-order valence-corrected chi connectivity index (χ1v) is 50.0. The van der Waals surface area contributed by atoms with Gasteiger partial charge in [-0.25, -0.2) is 0 Å². The number of esters is 10. The minimum absolute atomic E-state index is 0.0980. The van der Waals surface area contributed by atoms with Crippen LogP contribution < -0.4 is 31.9 Å². The van der Waals surface area contributed by atoms with E-state index < -0.39 is 145 Å². The van der Waals surface area contributed by atoms with E-state index in [1.807, 2.05) is 58.8 Å². The summed E-state index contributed by atoms with van der Waals surface area (Å²) in [6, 6.07) is 0. The molecule has 0 aromatic rings. The van der Waals surface area contributed by atoms with Crippen molar-refractivity contribution in [2.75, 3.05) is 288 Å². The van der Waals surface area contributed by atoms with E-state index in [0.717, 1.165) is 0 Å². The first-order valence-electron chi connectivity index (χ1n) is 50.0. The largest absolute Gasteiger partial charge is 0.459 e. The van der Waals surface area contributed by atoms with Gasteiger partial charge in [0.05, 0.1) is 91.6 Å². The van der Waals surface area contributed by atoms with Gasteiger partial charge in [-0.3, -0.25) is 126 Å². The van der Waals surface area contributed by atoms with Gasteiger partial charge in [0.2, 0.25) is 23.6 Å². The third-order valence-electron chi connectivity index (χ3n) is 20.9. The summed E-state index contributed by atoms with van der Waals surface area (Å²) >= 11 is 0. The van der Waals surface area contributed by atoms with Crippen molar-refractivity contribution in [3.8, 4) is 0 Å². The minimum Gasteiger partial charge on any atom is -0.459 e. The van der Waals surface area contributed by atoms with Crippen LogP contribution in [0.15, 0.2) is 0 Å². The standard InChI is InChI=1S/C99H184N18O24/c1-89(2,3)132-79(122)58-101-32-31-100-57-75(118)102-71-99(72-103-76(119)59-106-33-39-109(62-80(123)133-90(4,5)6)45-51-115(68-86(129)139-96(22,23)24)52-46-110(40-34-106)63-81(124)134-91(7,8)9,73-104-77(120)60-107-35-41-111(64-82(125)135-92(10,11)12)47-53-116(69-87(130)140-97(25,26)27)54-48-112(42-36-107)65-83(126)136-93(13,14)15)74-105-78(121)61-108-37-43-113(66-84(127)137-94(16,17)18)49-55-117(70-88(131)141-98(28,29)30)56-50-114(44-38-108)67-85(128)138-95(19,20)21/h100-101H,31-74H2,1-30H3,(H,102,118)(H,103,119)(H,104,120)(H,105,121). The molecule has 3 saturated heterocycles. The van der Waals surface area contributed by atoms with Crippen LogP contribution in [0.4, 0.5) is 0 Å². The van der Waals surface area contributed by atoms with Crippen LogP contribution in [0.5, 0.6) is 0 Å². The zero-order valence-corrected chi connectivity index (χ0v) is 91.8. The molecule has 0 radical (unpaired) electrons. The van der Waals surface area contributed by atoms with E-state index in [4.69, 9.17) is 47.4 Å². The molecule has 3 aliphatic heterocycles. The Morgan fingerprint density at radius 3 is 0.433 bits per heavy atom. The zero-order valence-electron chi connectivity index (χ0n) is 91.8. The lowest BCUT2D eigenvalue weighted by Crippen LogP contribution is -2.59. The Balaban J connectivity index is 2.44. The second kappa shape index (κ2) is 59.0. The lowest BCUT2D eigenvalue weighted by Gasteiger charge is -2.37.